The Morgan fingerprint density at radius 2 is 1.81 bits per heavy atom. The van der Waals surface area contributed by atoms with Crippen molar-refractivity contribution >= 4 is 27.3 Å². The van der Waals surface area contributed by atoms with Crippen molar-refractivity contribution < 1.29 is 18.1 Å². The van der Waals surface area contributed by atoms with E-state index in [0.29, 0.717) is 5.56 Å². The van der Waals surface area contributed by atoms with Crippen molar-refractivity contribution in [2.75, 3.05) is 5.32 Å². The van der Waals surface area contributed by atoms with Crippen LogP contribution in [0, 0.1) is 27.6 Å². The first-order chi connectivity index (χ1) is 9.90. The molecule has 1 N–H and O–H groups in total. The third kappa shape index (κ3) is 3.33. The lowest BCUT2D eigenvalue weighted by molar-refractivity contribution is -0.385. The van der Waals surface area contributed by atoms with E-state index >= 15 is 0 Å². The van der Waals surface area contributed by atoms with Gasteiger partial charge in [0.2, 0.25) is 0 Å². The third-order valence-electron chi connectivity index (χ3n) is 2.72. The average molecular weight is 361 g/mol. The third-order valence-corrected chi connectivity index (χ3v) is 3.64. The van der Waals surface area contributed by atoms with Gasteiger partial charge in [0.15, 0.2) is 17.5 Å². The fourth-order valence-electron chi connectivity index (χ4n) is 1.70. The molecule has 0 radical (unpaired) electrons. The van der Waals surface area contributed by atoms with E-state index in [4.69, 9.17) is 0 Å². The van der Waals surface area contributed by atoms with Gasteiger partial charge in [0.05, 0.1) is 4.92 Å². The molecular weight excluding hydrogens is 353 g/mol. The molecule has 0 fully saturated rings. The smallest absolute Gasteiger partial charge is 0.283 e. The summed E-state index contributed by atoms with van der Waals surface area (Å²) < 4.78 is 39.2. The first-order valence-corrected chi connectivity index (χ1v) is 6.49. The van der Waals surface area contributed by atoms with Crippen molar-refractivity contribution in [3.05, 3.63) is 67.9 Å². The molecule has 0 saturated carbocycles. The molecule has 0 heterocycles. The fourth-order valence-corrected chi connectivity index (χ4v) is 2.25. The summed E-state index contributed by atoms with van der Waals surface area (Å²) in [6.07, 6.45) is 0. The largest absolute Gasteiger partial charge is 0.381 e. The minimum Gasteiger partial charge on any atom is -0.381 e. The highest BCUT2D eigenvalue weighted by Crippen LogP contribution is 2.29. The lowest BCUT2D eigenvalue weighted by Gasteiger charge is -2.09. The van der Waals surface area contributed by atoms with Crippen LogP contribution < -0.4 is 5.32 Å². The minimum atomic E-state index is -1.54. The number of nitrogens with zero attached hydrogens (tertiary/aromatic N) is 1. The molecule has 2 aromatic carbocycles. The molecule has 0 unspecified atom stereocenters. The van der Waals surface area contributed by atoms with Crippen LogP contribution in [0.25, 0.3) is 0 Å². The number of rotatable bonds is 4. The number of hydrogen-bond acceptors (Lipinski definition) is 3. The SMILES string of the molecule is O=[N+]([O-])c1cccc(CNc2cc(F)c(F)c(F)c2)c1Br. The second-order valence-corrected chi connectivity index (χ2v) is 4.91. The van der Waals surface area contributed by atoms with Gasteiger partial charge in [0.25, 0.3) is 5.69 Å². The summed E-state index contributed by atoms with van der Waals surface area (Å²) in [5.74, 6) is -4.16. The predicted molar refractivity (Wildman–Crippen MR) is 74.4 cm³/mol. The Morgan fingerprint density at radius 1 is 1.19 bits per heavy atom. The van der Waals surface area contributed by atoms with E-state index in [1.165, 1.54) is 12.1 Å². The fraction of sp³-hybridized carbons (Fsp3) is 0.0769. The van der Waals surface area contributed by atoms with Crippen LogP contribution in [0.1, 0.15) is 5.56 Å². The summed E-state index contributed by atoms with van der Waals surface area (Å²) in [5.41, 5.74) is 0.435. The molecule has 2 aromatic rings. The molecule has 2 rings (SSSR count). The molecule has 0 spiro atoms. The van der Waals surface area contributed by atoms with Crippen molar-refractivity contribution in [3.63, 3.8) is 0 Å². The standard InChI is InChI=1S/C13H8BrF3N2O2/c14-12-7(2-1-3-11(12)19(20)21)6-18-8-4-9(15)13(17)10(16)5-8/h1-5,18H,6H2. The second-order valence-electron chi connectivity index (χ2n) is 4.11. The van der Waals surface area contributed by atoms with Crippen molar-refractivity contribution in [2.45, 2.75) is 6.54 Å². The van der Waals surface area contributed by atoms with Crippen LogP contribution >= 0.6 is 15.9 Å². The van der Waals surface area contributed by atoms with E-state index < -0.39 is 22.4 Å². The first kappa shape index (κ1) is 15.3. The summed E-state index contributed by atoms with van der Waals surface area (Å²) in [6.45, 7) is 0.0762. The molecule has 4 nitrogen and oxygen atoms in total. The molecular formula is C13H8BrF3N2O2. The summed E-state index contributed by atoms with van der Waals surface area (Å²) >= 11 is 3.11. The second kappa shape index (κ2) is 6.13. The Balaban J connectivity index is 2.21. The molecule has 0 aliphatic rings. The molecule has 110 valence electrons. The number of nitro benzene ring substituents is 1. The van der Waals surface area contributed by atoms with Gasteiger partial charge in [-0.05, 0) is 21.5 Å². The monoisotopic (exact) mass is 360 g/mol. The highest BCUT2D eigenvalue weighted by Gasteiger charge is 2.15. The van der Waals surface area contributed by atoms with E-state index in [-0.39, 0.29) is 22.4 Å². The van der Waals surface area contributed by atoms with Crippen LogP contribution in [-0.2, 0) is 6.54 Å². The Labute approximate surface area is 125 Å². The molecule has 8 heteroatoms. The maximum absolute atomic E-state index is 13.1. The number of benzene rings is 2. The van der Waals surface area contributed by atoms with Crippen molar-refractivity contribution in [2.24, 2.45) is 0 Å². The highest BCUT2D eigenvalue weighted by molar-refractivity contribution is 9.10. The molecule has 0 amide bonds. The zero-order valence-corrected chi connectivity index (χ0v) is 12.0. The van der Waals surface area contributed by atoms with Gasteiger partial charge < -0.3 is 5.32 Å². The first-order valence-electron chi connectivity index (χ1n) is 5.70. The summed E-state index contributed by atoms with van der Waals surface area (Å²) in [7, 11) is 0. The molecule has 0 bridgehead atoms. The molecule has 21 heavy (non-hydrogen) atoms. The Morgan fingerprint density at radius 3 is 2.38 bits per heavy atom. The van der Waals surface area contributed by atoms with Gasteiger partial charge in [-0.3, -0.25) is 10.1 Å². The van der Waals surface area contributed by atoms with Gasteiger partial charge in [0, 0.05) is 30.4 Å². The van der Waals surface area contributed by atoms with Crippen LogP contribution in [0.2, 0.25) is 0 Å². The van der Waals surface area contributed by atoms with E-state index in [9.17, 15) is 23.3 Å². The van der Waals surface area contributed by atoms with Crippen molar-refractivity contribution in [3.8, 4) is 0 Å². The average Bonchev–Trinajstić information content (AvgIpc) is 2.43. The molecule has 0 aliphatic carbocycles. The highest BCUT2D eigenvalue weighted by atomic mass is 79.9. The molecule has 0 aliphatic heterocycles. The predicted octanol–water partition coefficient (Wildman–Crippen LogP) is 4.39. The van der Waals surface area contributed by atoms with Gasteiger partial charge in [-0.15, -0.1) is 0 Å². The van der Waals surface area contributed by atoms with Crippen LogP contribution in [0.5, 0.6) is 0 Å². The Bertz CT molecular complexity index is 687. The topological polar surface area (TPSA) is 55.2 Å². The van der Waals surface area contributed by atoms with E-state index in [2.05, 4.69) is 21.2 Å². The summed E-state index contributed by atoms with van der Waals surface area (Å²) in [6, 6.07) is 6.05. The summed E-state index contributed by atoms with van der Waals surface area (Å²) in [5, 5.41) is 13.5. The Kier molecular flexibility index (Phi) is 4.46. The zero-order chi connectivity index (χ0) is 15.6. The number of nitro groups is 1. The van der Waals surface area contributed by atoms with Crippen LogP contribution in [-0.4, -0.2) is 4.92 Å². The minimum absolute atomic E-state index is 0.0322. The van der Waals surface area contributed by atoms with Gasteiger partial charge in [-0.25, -0.2) is 13.2 Å². The number of halogens is 4. The number of nitrogens with one attached hydrogen (secondary N) is 1. The maximum Gasteiger partial charge on any atom is 0.283 e. The molecule has 0 saturated heterocycles. The van der Waals surface area contributed by atoms with E-state index in [1.54, 1.807) is 6.07 Å². The lowest BCUT2D eigenvalue weighted by atomic mass is 10.2. The van der Waals surface area contributed by atoms with Gasteiger partial charge in [-0.2, -0.15) is 0 Å². The van der Waals surface area contributed by atoms with Gasteiger partial charge >= 0.3 is 0 Å². The number of anilines is 1. The normalized spacial score (nSPS) is 10.5. The molecule has 0 atom stereocenters. The van der Waals surface area contributed by atoms with Gasteiger partial charge in [-0.1, -0.05) is 12.1 Å². The van der Waals surface area contributed by atoms with E-state index in [0.717, 1.165) is 12.1 Å². The quantitative estimate of drug-likeness (QED) is 0.499. The van der Waals surface area contributed by atoms with Gasteiger partial charge in [0.1, 0.15) is 4.47 Å². The number of hydrogen-bond donors (Lipinski definition) is 1. The van der Waals surface area contributed by atoms with Crippen molar-refractivity contribution in [1.29, 1.82) is 0 Å². The van der Waals surface area contributed by atoms with Crippen LogP contribution in [0.4, 0.5) is 24.5 Å². The molecule has 0 aromatic heterocycles. The van der Waals surface area contributed by atoms with E-state index in [1.807, 2.05) is 0 Å². The van der Waals surface area contributed by atoms with Crippen molar-refractivity contribution in [1.82, 2.24) is 0 Å². The summed E-state index contributed by atoms with van der Waals surface area (Å²) in [4.78, 5) is 10.2. The Hall–Kier alpha value is -2.09. The van der Waals surface area contributed by atoms with Crippen LogP contribution in [0.15, 0.2) is 34.8 Å². The van der Waals surface area contributed by atoms with Crippen LogP contribution in [0.3, 0.4) is 0 Å². The zero-order valence-electron chi connectivity index (χ0n) is 10.4. The maximum atomic E-state index is 13.1. The lowest BCUT2D eigenvalue weighted by Crippen LogP contribution is -2.03.